The van der Waals surface area contributed by atoms with Crippen molar-refractivity contribution < 1.29 is 0 Å². The third-order valence-electron chi connectivity index (χ3n) is 8.48. The molecular weight excluding hydrogens is 554 g/mol. The van der Waals surface area contributed by atoms with Gasteiger partial charge in [0.25, 0.3) is 0 Å². The van der Waals surface area contributed by atoms with E-state index in [4.69, 9.17) is 0 Å². The van der Waals surface area contributed by atoms with Gasteiger partial charge in [-0.1, -0.05) is 0 Å². The van der Waals surface area contributed by atoms with E-state index in [2.05, 4.69) is 20.8 Å². The normalized spacial score (nSPS) is 11.7. The summed E-state index contributed by atoms with van der Waals surface area (Å²) >= 11 is -0.950. The second-order valence-electron chi connectivity index (χ2n) is 12.4. The standard InChI is InChI=1S/3C12H25.Sb/c3*1-3-5-7-9-11-12-10-8-6-4-2;/h3*1,3-12H2,2H3;. The van der Waals surface area contributed by atoms with Crippen LogP contribution in [0, 0.1) is 0 Å². The molecule has 0 aliphatic heterocycles. The van der Waals surface area contributed by atoms with E-state index in [0.717, 1.165) is 0 Å². The Morgan fingerprint density at radius 3 is 0.568 bits per heavy atom. The number of unbranched alkanes of at least 4 members (excludes halogenated alkanes) is 27. The molecule has 0 amide bonds. The summed E-state index contributed by atoms with van der Waals surface area (Å²) in [4.78, 5) is 0. The van der Waals surface area contributed by atoms with Gasteiger partial charge in [-0.15, -0.1) is 0 Å². The molecule has 0 unspecified atom stereocenters. The summed E-state index contributed by atoms with van der Waals surface area (Å²) in [5.74, 6) is 0. The summed E-state index contributed by atoms with van der Waals surface area (Å²) in [6.45, 7) is 6.97. The van der Waals surface area contributed by atoms with E-state index < -0.39 is 20.2 Å². The molecule has 0 saturated heterocycles. The van der Waals surface area contributed by atoms with Crippen molar-refractivity contribution in [1.29, 1.82) is 0 Å². The summed E-state index contributed by atoms with van der Waals surface area (Å²) in [5.41, 5.74) is 0. The van der Waals surface area contributed by atoms with E-state index in [1.54, 1.807) is 51.6 Å². The van der Waals surface area contributed by atoms with Gasteiger partial charge in [0.1, 0.15) is 0 Å². The van der Waals surface area contributed by atoms with E-state index in [-0.39, 0.29) is 0 Å². The maximum atomic E-state index is 2.32. The Morgan fingerprint density at radius 2 is 0.378 bits per heavy atom. The van der Waals surface area contributed by atoms with Crippen LogP contribution in [-0.2, 0) is 0 Å². The first-order valence-electron chi connectivity index (χ1n) is 18.1. The molecular formula is C36H75Sb. The van der Waals surface area contributed by atoms with Gasteiger partial charge in [0.15, 0.2) is 0 Å². The molecule has 0 aromatic rings. The van der Waals surface area contributed by atoms with Crippen molar-refractivity contribution in [2.45, 2.75) is 226 Å². The fraction of sp³-hybridized carbons (Fsp3) is 1.00. The molecule has 0 rings (SSSR count). The molecule has 0 spiro atoms. The zero-order valence-electron chi connectivity index (χ0n) is 26.8. The van der Waals surface area contributed by atoms with E-state index in [9.17, 15) is 0 Å². The summed E-state index contributed by atoms with van der Waals surface area (Å²) < 4.78 is 5.15. The Kier molecular flexibility index (Phi) is 35.6. The van der Waals surface area contributed by atoms with Gasteiger partial charge in [-0.3, -0.25) is 0 Å². The average Bonchev–Trinajstić information content (AvgIpc) is 2.91. The van der Waals surface area contributed by atoms with E-state index in [1.165, 1.54) is 154 Å². The molecule has 0 aromatic heterocycles. The molecule has 0 nitrogen and oxygen atoms in total. The first-order chi connectivity index (χ1) is 18.3. The molecule has 0 radical (unpaired) electrons. The molecule has 0 aliphatic carbocycles. The first-order valence-corrected chi connectivity index (χ1v) is 23.5. The van der Waals surface area contributed by atoms with Crippen LogP contribution in [0.15, 0.2) is 0 Å². The van der Waals surface area contributed by atoms with Crippen molar-refractivity contribution in [1.82, 2.24) is 0 Å². The minimum absolute atomic E-state index is 0.950. The molecule has 0 atom stereocenters. The van der Waals surface area contributed by atoms with Gasteiger partial charge in [0.2, 0.25) is 0 Å². The summed E-state index contributed by atoms with van der Waals surface area (Å²) in [6, 6.07) is 0. The van der Waals surface area contributed by atoms with Crippen molar-refractivity contribution >= 4 is 20.2 Å². The van der Waals surface area contributed by atoms with Gasteiger partial charge in [-0.05, 0) is 0 Å². The zero-order valence-corrected chi connectivity index (χ0v) is 29.3. The second-order valence-corrected chi connectivity index (χ2v) is 20.0. The molecule has 0 saturated carbocycles. The second kappa shape index (κ2) is 34.8. The molecule has 0 aromatic carbocycles. The minimum atomic E-state index is -0.950. The first kappa shape index (κ1) is 37.8. The zero-order chi connectivity index (χ0) is 26.9. The van der Waals surface area contributed by atoms with Crippen LogP contribution in [0.25, 0.3) is 0 Å². The van der Waals surface area contributed by atoms with Gasteiger partial charge in [0, 0.05) is 0 Å². The van der Waals surface area contributed by atoms with Crippen LogP contribution >= 0.6 is 0 Å². The van der Waals surface area contributed by atoms with Crippen molar-refractivity contribution in [3.63, 3.8) is 0 Å². The van der Waals surface area contributed by atoms with Gasteiger partial charge in [-0.25, -0.2) is 0 Å². The van der Waals surface area contributed by atoms with E-state index >= 15 is 0 Å². The third-order valence-corrected chi connectivity index (χ3v) is 16.6. The van der Waals surface area contributed by atoms with Gasteiger partial charge < -0.3 is 0 Å². The van der Waals surface area contributed by atoms with Crippen LogP contribution in [0.3, 0.4) is 0 Å². The Balaban J connectivity index is 3.87. The van der Waals surface area contributed by atoms with Crippen LogP contribution < -0.4 is 0 Å². The maximum absolute atomic E-state index is 2.32. The summed E-state index contributed by atoms with van der Waals surface area (Å²) in [5, 5.41) is 0. The molecule has 1 heteroatoms. The van der Waals surface area contributed by atoms with E-state index in [1.807, 2.05) is 0 Å². The Bertz CT molecular complexity index is 322. The molecule has 0 N–H and O–H groups in total. The number of hydrogen-bond donors (Lipinski definition) is 0. The fourth-order valence-corrected chi connectivity index (χ4v) is 13.5. The SMILES string of the molecule is CCCCCCCCCCC[CH2][Sb]([CH2]CCCCCCCCCCC)[CH2]CCCCCCCCCCC. The molecule has 0 aliphatic rings. The topological polar surface area (TPSA) is 0 Å². The Labute approximate surface area is 245 Å². The van der Waals surface area contributed by atoms with Crippen LogP contribution in [0.5, 0.6) is 0 Å². The van der Waals surface area contributed by atoms with E-state index in [0.29, 0.717) is 0 Å². The van der Waals surface area contributed by atoms with Gasteiger partial charge >= 0.3 is 247 Å². The molecule has 224 valence electrons. The Hall–Kier alpha value is 0.818. The number of hydrogen-bond acceptors (Lipinski definition) is 0. The average molecular weight is 630 g/mol. The van der Waals surface area contributed by atoms with Crippen molar-refractivity contribution in [3.05, 3.63) is 0 Å². The quantitative estimate of drug-likeness (QED) is 0.0501. The van der Waals surface area contributed by atoms with Crippen molar-refractivity contribution in [3.8, 4) is 0 Å². The van der Waals surface area contributed by atoms with Crippen LogP contribution in [0.1, 0.15) is 213 Å². The number of rotatable bonds is 33. The molecule has 0 fully saturated rings. The molecule has 0 bridgehead atoms. The predicted octanol–water partition coefficient (Wildman–Crippen LogP) is 14.2. The van der Waals surface area contributed by atoms with Crippen LogP contribution in [0.4, 0.5) is 0 Å². The molecule has 0 heterocycles. The van der Waals surface area contributed by atoms with Crippen molar-refractivity contribution in [2.75, 3.05) is 0 Å². The van der Waals surface area contributed by atoms with Crippen LogP contribution in [-0.4, -0.2) is 20.2 Å². The van der Waals surface area contributed by atoms with Gasteiger partial charge in [0.05, 0.1) is 0 Å². The monoisotopic (exact) mass is 628 g/mol. The fourth-order valence-electron chi connectivity index (χ4n) is 5.80. The third kappa shape index (κ3) is 32.9. The molecule has 37 heavy (non-hydrogen) atoms. The summed E-state index contributed by atoms with van der Waals surface area (Å²) in [6.07, 6.45) is 44.9. The Morgan fingerprint density at radius 1 is 0.216 bits per heavy atom. The summed E-state index contributed by atoms with van der Waals surface area (Å²) in [7, 11) is 0. The predicted molar refractivity (Wildman–Crippen MR) is 176 cm³/mol. The van der Waals surface area contributed by atoms with Crippen molar-refractivity contribution in [2.24, 2.45) is 0 Å². The van der Waals surface area contributed by atoms with Gasteiger partial charge in [-0.2, -0.15) is 0 Å². The van der Waals surface area contributed by atoms with Crippen LogP contribution in [0.2, 0.25) is 13.1 Å².